The van der Waals surface area contributed by atoms with Crippen LogP contribution in [0.25, 0.3) is 11.1 Å². The highest BCUT2D eigenvalue weighted by Gasteiger charge is 2.25. The molecule has 1 aromatic carbocycles. The lowest BCUT2D eigenvalue weighted by molar-refractivity contribution is 0.0315. The fourth-order valence-electron chi connectivity index (χ4n) is 3.70. The molecule has 2 N–H and O–H groups in total. The Hall–Kier alpha value is -2.19. The second-order valence-corrected chi connectivity index (χ2v) is 8.04. The third kappa shape index (κ3) is 5.10. The van der Waals surface area contributed by atoms with Crippen LogP contribution in [0.1, 0.15) is 36.0 Å². The predicted octanol–water partition coefficient (Wildman–Crippen LogP) is 3.19. The first-order valence-corrected chi connectivity index (χ1v) is 10.5. The molecule has 2 fully saturated rings. The molecule has 4 rings (SSSR count). The minimum absolute atomic E-state index is 0.152. The number of pyridine rings is 1. The molecule has 30 heavy (non-hydrogen) atoms. The molecule has 2 aliphatic rings. The van der Waals surface area contributed by atoms with Crippen molar-refractivity contribution in [3.05, 3.63) is 47.1 Å². The Kier molecular flexibility index (Phi) is 6.84. The van der Waals surface area contributed by atoms with Crippen molar-refractivity contribution in [2.75, 3.05) is 20.0 Å². The van der Waals surface area contributed by atoms with Crippen molar-refractivity contribution in [3.63, 3.8) is 0 Å². The van der Waals surface area contributed by atoms with Crippen LogP contribution in [0.15, 0.2) is 36.5 Å². The van der Waals surface area contributed by atoms with Crippen LogP contribution >= 0.6 is 11.6 Å². The number of carbonyl (C=O) groups is 1. The van der Waals surface area contributed by atoms with Gasteiger partial charge in [-0.25, -0.2) is 4.98 Å². The first-order valence-electron chi connectivity index (χ1n) is 10.2. The summed E-state index contributed by atoms with van der Waals surface area (Å²) >= 11 is 6.02. The number of amides is 1. The van der Waals surface area contributed by atoms with Gasteiger partial charge in [0.15, 0.2) is 0 Å². The number of nitrogens with zero attached hydrogens (tertiary/aromatic N) is 1. The van der Waals surface area contributed by atoms with E-state index in [-0.39, 0.29) is 24.8 Å². The van der Waals surface area contributed by atoms with Crippen molar-refractivity contribution in [2.24, 2.45) is 0 Å². The number of ether oxygens (including phenoxy) is 3. The number of rotatable bonds is 6. The summed E-state index contributed by atoms with van der Waals surface area (Å²) in [6.45, 7) is 1.03. The lowest BCUT2D eigenvalue weighted by Gasteiger charge is -2.28. The van der Waals surface area contributed by atoms with Crippen LogP contribution < -0.4 is 10.1 Å². The van der Waals surface area contributed by atoms with Crippen LogP contribution in [0.3, 0.4) is 0 Å². The van der Waals surface area contributed by atoms with Gasteiger partial charge in [-0.15, -0.1) is 0 Å². The Morgan fingerprint density at radius 1 is 1.27 bits per heavy atom. The van der Waals surface area contributed by atoms with Gasteiger partial charge in [0.25, 0.3) is 5.91 Å². The van der Waals surface area contributed by atoms with Gasteiger partial charge in [-0.05, 0) is 36.6 Å². The number of aliphatic hydroxyl groups excluding tert-OH is 1. The highest BCUT2D eigenvalue weighted by molar-refractivity contribution is 6.30. The molecule has 1 saturated heterocycles. The molecule has 8 heteroatoms. The number of benzene rings is 1. The van der Waals surface area contributed by atoms with E-state index < -0.39 is 6.10 Å². The van der Waals surface area contributed by atoms with Crippen LogP contribution in [0.4, 0.5) is 0 Å². The summed E-state index contributed by atoms with van der Waals surface area (Å²) in [4.78, 5) is 17.2. The maximum atomic E-state index is 12.8. The monoisotopic (exact) mass is 432 g/mol. The Labute approximate surface area is 180 Å². The van der Waals surface area contributed by atoms with E-state index in [4.69, 9.17) is 25.8 Å². The fraction of sp³-hybridized carbons (Fsp3) is 0.455. The van der Waals surface area contributed by atoms with E-state index in [1.54, 1.807) is 18.2 Å². The molecule has 3 atom stereocenters. The summed E-state index contributed by atoms with van der Waals surface area (Å²) in [5.74, 6) is 0.143. The van der Waals surface area contributed by atoms with E-state index in [1.807, 2.05) is 12.1 Å². The average Bonchev–Trinajstić information content (AvgIpc) is 3.28. The summed E-state index contributed by atoms with van der Waals surface area (Å²) in [5.41, 5.74) is 1.92. The van der Waals surface area contributed by atoms with Gasteiger partial charge >= 0.3 is 0 Å². The second kappa shape index (κ2) is 9.75. The molecule has 0 radical (unpaired) electrons. The zero-order valence-electron chi connectivity index (χ0n) is 16.6. The maximum Gasteiger partial charge on any atom is 0.253 e. The molecule has 1 saturated carbocycles. The van der Waals surface area contributed by atoms with Crippen molar-refractivity contribution in [3.8, 4) is 17.0 Å². The van der Waals surface area contributed by atoms with Crippen LogP contribution in [-0.2, 0) is 9.47 Å². The molecule has 160 valence electrons. The molecular formula is C22H25ClN2O5. The third-order valence-corrected chi connectivity index (χ3v) is 5.66. The van der Waals surface area contributed by atoms with Crippen LogP contribution in [0, 0.1) is 0 Å². The normalized spacial score (nSPS) is 23.9. The molecular weight excluding hydrogens is 408 g/mol. The van der Waals surface area contributed by atoms with E-state index >= 15 is 0 Å². The van der Waals surface area contributed by atoms with Gasteiger partial charge < -0.3 is 24.6 Å². The number of hydrogen-bond donors (Lipinski definition) is 2. The molecule has 1 amide bonds. The Bertz CT molecular complexity index is 870. The largest absolute Gasteiger partial charge is 0.474 e. The molecule has 0 bridgehead atoms. The van der Waals surface area contributed by atoms with Crippen molar-refractivity contribution in [1.82, 2.24) is 10.3 Å². The number of aliphatic hydroxyl groups is 1. The van der Waals surface area contributed by atoms with Crippen molar-refractivity contribution >= 4 is 17.5 Å². The first kappa shape index (κ1) is 21.1. The molecule has 2 heterocycles. The minimum atomic E-state index is -0.511. The van der Waals surface area contributed by atoms with E-state index in [2.05, 4.69) is 10.3 Å². The topological polar surface area (TPSA) is 89.9 Å². The average molecular weight is 433 g/mol. The summed E-state index contributed by atoms with van der Waals surface area (Å²) in [7, 11) is 0. The molecule has 2 aromatic rings. The number of hydrogen-bond acceptors (Lipinski definition) is 6. The number of carbonyl (C=O) groups excluding carboxylic acids is 1. The smallest absolute Gasteiger partial charge is 0.253 e. The summed E-state index contributed by atoms with van der Waals surface area (Å²) in [6.07, 6.45) is 4.29. The first-order chi connectivity index (χ1) is 14.6. The molecule has 0 spiro atoms. The van der Waals surface area contributed by atoms with Crippen molar-refractivity contribution in [2.45, 2.75) is 43.9 Å². The third-order valence-electron chi connectivity index (χ3n) is 5.41. The van der Waals surface area contributed by atoms with Gasteiger partial charge in [0.2, 0.25) is 5.88 Å². The van der Waals surface area contributed by atoms with E-state index in [0.29, 0.717) is 41.7 Å². The highest BCUT2D eigenvalue weighted by atomic mass is 35.5. The maximum absolute atomic E-state index is 12.8. The van der Waals surface area contributed by atoms with E-state index in [9.17, 15) is 9.90 Å². The standard InChI is InChI=1S/C22H25ClN2O5/c23-16-7-5-14(6-8-16)18-9-15(21(27)25-19-3-1-2-4-20(19)26)10-24-22(18)29-12-17-11-28-13-30-17/h5-10,17,19-20,26H,1-4,11-13H2,(H,25,27). The van der Waals surface area contributed by atoms with E-state index in [0.717, 1.165) is 24.8 Å². The summed E-state index contributed by atoms with van der Waals surface area (Å²) < 4.78 is 16.5. The summed E-state index contributed by atoms with van der Waals surface area (Å²) in [5, 5.41) is 13.7. The van der Waals surface area contributed by atoms with Crippen molar-refractivity contribution in [1.29, 1.82) is 0 Å². The predicted molar refractivity (Wildman–Crippen MR) is 112 cm³/mol. The van der Waals surface area contributed by atoms with E-state index in [1.165, 1.54) is 6.20 Å². The second-order valence-electron chi connectivity index (χ2n) is 7.60. The Balaban J connectivity index is 1.56. The fourth-order valence-corrected chi connectivity index (χ4v) is 3.83. The van der Waals surface area contributed by atoms with Crippen molar-refractivity contribution < 1.29 is 24.1 Å². The Morgan fingerprint density at radius 2 is 2.07 bits per heavy atom. The van der Waals surface area contributed by atoms with Crippen LogP contribution in [-0.4, -0.2) is 54.3 Å². The van der Waals surface area contributed by atoms with Gasteiger partial charge in [-0.3, -0.25) is 4.79 Å². The number of nitrogens with one attached hydrogen (secondary N) is 1. The van der Waals surface area contributed by atoms with Crippen LogP contribution in [0.2, 0.25) is 5.02 Å². The lowest BCUT2D eigenvalue weighted by atomic mass is 9.92. The Morgan fingerprint density at radius 3 is 2.80 bits per heavy atom. The molecule has 3 unspecified atom stereocenters. The van der Waals surface area contributed by atoms with Gasteiger partial charge in [-0.2, -0.15) is 0 Å². The number of halogens is 1. The molecule has 7 nitrogen and oxygen atoms in total. The van der Waals surface area contributed by atoms with Gasteiger partial charge in [0, 0.05) is 16.8 Å². The molecule has 1 aliphatic carbocycles. The van der Waals surface area contributed by atoms with Gasteiger partial charge in [0.1, 0.15) is 19.5 Å². The highest BCUT2D eigenvalue weighted by Crippen LogP contribution is 2.30. The summed E-state index contributed by atoms with van der Waals surface area (Å²) in [6, 6.07) is 8.78. The van der Waals surface area contributed by atoms with Gasteiger partial charge in [0.05, 0.1) is 24.3 Å². The van der Waals surface area contributed by atoms with Gasteiger partial charge in [-0.1, -0.05) is 36.6 Å². The molecule has 1 aliphatic heterocycles. The number of aromatic nitrogens is 1. The van der Waals surface area contributed by atoms with Crippen LogP contribution in [0.5, 0.6) is 5.88 Å². The molecule has 1 aromatic heterocycles. The quantitative estimate of drug-likeness (QED) is 0.728. The SMILES string of the molecule is O=C(NC1CCCCC1O)c1cnc(OCC2COCO2)c(-c2ccc(Cl)cc2)c1. The zero-order chi connectivity index (χ0) is 20.9. The lowest BCUT2D eigenvalue weighted by Crippen LogP contribution is -2.45. The zero-order valence-corrected chi connectivity index (χ0v) is 17.3. The minimum Gasteiger partial charge on any atom is -0.474 e.